The van der Waals surface area contributed by atoms with E-state index in [-0.39, 0.29) is 5.91 Å². The number of ether oxygens (including phenoxy) is 2. The number of aryl methyl sites for hydroxylation is 2. The molecular formula is C16H20N2O3S. The van der Waals surface area contributed by atoms with Crippen molar-refractivity contribution in [3.8, 4) is 5.75 Å². The first kappa shape index (κ1) is 16.5. The molecule has 0 aliphatic rings. The van der Waals surface area contributed by atoms with Crippen LogP contribution in [0.5, 0.6) is 5.75 Å². The van der Waals surface area contributed by atoms with Gasteiger partial charge in [0.05, 0.1) is 12.3 Å². The summed E-state index contributed by atoms with van der Waals surface area (Å²) in [6, 6.07) is 7.84. The average Bonchev–Trinajstić information content (AvgIpc) is 2.88. The van der Waals surface area contributed by atoms with Crippen LogP contribution in [0, 0.1) is 13.8 Å². The summed E-state index contributed by atoms with van der Waals surface area (Å²) in [7, 11) is 1.60. The Balaban J connectivity index is 1.94. The van der Waals surface area contributed by atoms with Gasteiger partial charge in [0, 0.05) is 13.7 Å². The molecule has 1 heterocycles. The van der Waals surface area contributed by atoms with Crippen LogP contribution >= 0.6 is 11.3 Å². The summed E-state index contributed by atoms with van der Waals surface area (Å²) in [6.45, 7) is 5.20. The van der Waals surface area contributed by atoms with Crippen molar-refractivity contribution >= 4 is 17.2 Å². The SMILES string of the molecule is COCCNC(=O)c1sc(COc2ccc(C)cc2)nc1C. The highest BCUT2D eigenvalue weighted by molar-refractivity contribution is 7.13. The van der Waals surface area contributed by atoms with E-state index in [1.165, 1.54) is 16.9 Å². The van der Waals surface area contributed by atoms with Gasteiger partial charge in [-0.15, -0.1) is 11.3 Å². The first-order valence-electron chi connectivity index (χ1n) is 7.03. The molecule has 2 rings (SSSR count). The minimum Gasteiger partial charge on any atom is -0.486 e. The van der Waals surface area contributed by atoms with E-state index in [0.717, 1.165) is 16.5 Å². The molecule has 0 spiro atoms. The first-order valence-corrected chi connectivity index (χ1v) is 7.84. The van der Waals surface area contributed by atoms with Gasteiger partial charge in [-0.2, -0.15) is 0 Å². The third-order valence-electron chi connectivity index (χ3n) is 3.02. The van der Waals surface area contributed by atoms with Gasteiger partial charge < -0.3 is 14.8 Å². The number of carbonyl (C=O) groups excluding carboxylic acids is 1. The maximum absolute atomic E-state index is 12.0. The highest BCUT2D eigenvalue weighted by Gasteiger charge is 2.15. The Morgan fingerprint density at radius 1 is 1.27 bits per heavy atom. The summed E-state index contributed by atoms with van der Waals surface area (Å²) >= 11 is 1.36. The standard InChI is InChI=1S/C16H20N2O3S/c1-11-4-6-13(7-5-11)21-10-14-18-12(2)15(22-14)16(19)17-8-9-20-3/h4-7H,8-10H2,1-3H3,(H,17,19). The Morgan fingerprint density at radius 2 is 2.00 bits per heavy atom. The zero-order valence-electron chi connectivity index (χ0n) is 13.0. The van der Waals surface area contributed by atoms with Crippen LogP contribution in [-0.2, 0) is 11.3 Å². The lowest BCUT2D eigenvalue weighted by atomic mass is 10.2. The summed E-state index contributed by atoms with van der Waals surface area (Å²) in [6.07, 6.45) is 0. The van der Waals surface area contributed by atoms with Gasteiger partial charge in [-0.3, -0.25) is 4.79 Å². The van der Waals surface area contributed by atoms with Crippen LogP contribution in [-0.4, -0.2) is 31.2 Å². The second kappa shape index (κ2) is 7.91. The topological polar surface area (TPSA) is 60.5 Å². The second-order valence-electron chi connectivity index (χ2n) is 4.87. The highest BCUT2D eigenvalue weighted by Crippen LogP contribution is 2.20. The zero-order chi connectivity index (χ0) is 15.9. The smallest absolute Gasteiger partial charge is 0.263 e. The summed E-state index contributed by atoms with van der Waals surface area (Å²) in [4.78, 5) is 17.0. The molecule has 0 aliphatic carbocycles. The number of rotatable bonds is 7. The molecule has 118 valence electrons. The number of benzene rings is 1. The first-order chi connectivity index (χ1) is 10.6. The van der Waals surface area contributed by atoms with Crippen LogP contribution in [0.4, 0.5) is 0 Å². The number of nitrogens with zero attached hydrogens (tertiary/aromatic N) is 1. The largest absolute Gasteiger partial charge is 0.486 e. The quantitative estimate of drug-likeness (QED) is 0.797. The number of nitrogens with one attached hydrogen (secondary N) is 1. The Morgan fingerprint density at radius 3 is 2.68 bits per heavy atom. The number of carbonyl (C=O) groups is 1. The van der Waals surface area contributed by atoms with Gasteiger partial charge in [0.25, 0.3) is 5.91 Å². The van der Waals surface area contributed by atoms with Crippen molar-refractivity contribution in [3.05, 3.63) is 45.4 Å². The minimum atomic E-state index is -0.117. The van der Waals surface area contributed by atoms with E-state index in [9.17, 15) is 4.79 Å². The van der Waals surface area contributed by atoms with Gasteiger partial charge in [0.15, 0.2) is 0 Å². The van der Waals surface area contributed by atoms with Crippen LogP contribution in [0.25, 0.3) is 0 Å². The maximum Gasteiger partial charge on any atom is 0.263 e. The molecule has 0 saturated heterocycles. The molecule has 0 saturated carbocycles. The number of methoxy groups -OCH3 is 1. The van der Waals surface area contributed by atoms with Gasteiger partial charge in [0.2, 0.25) is 0 Å². The number of amides is 1. The van der Waals surface area contributed by atoms with Gasteiger partial charge in [-0.1, -0.05) is 17.7 Å². The van der Waals surface area contributed by atoms with Crippen LogP contribution in [0.3, 0.4) is 0 Å². The predicted octanol–water partition coefficient (Wildman–Crippen LogP) is 2.72. The molecule has 2 aromatic rings. The monoisotopic (exact) mass is 320 g/mol. The molecule has 1 amide bonds. The molecule has 0 fully saturated rings. The van der Waals surface area contributed by atoms with Crippen molar-refractivity contribution in [2.75, 3.05) is 20.3 Å². The molecule has 0 aliphatic heterocycles. The molecule has 1 aromatic carbocycles. The van der Waals surface area contributed by atoms with E-state index < -0.39 is 0 Å². The van der Waals surface area contributed by atoms with Crippen molar-refractivity contribution in [1.29, 1.82) is 0 Å². The van der Waals surface area contributed by atoms with Crippen molar-refractivity contribution in [3.63, 3.8) is 0 Å². The molecule has 1 N–H and O–H groups in total. The number of hydrogen-bond donors (Lipinski definition) is 1. The maximum atomic E-state index is 12.0. The van der Waals surface area contributed by atoms with Crippen LogP contribution in [0.15, 0.2) is 24.3 Å². The van der Waals surface area contributed by atoms with E-state index >= 15 is 0 Å². The van der Waals surface area contributed by atoms with Gasteiger partial charge in [0.1, 0.15) is 22.2 Å². The summed E-state index contributed by atoms with van der Waals surface area (Å²) in [5.41, 5.74) is 1.91. The second-order valence-corrected chi connectivity index (χ2v) is 5.96. The normalized spacial score (nSPS) is 10.5. The molecular weight excluding hydrogens is 300 g/mol. The van der Waals surface area contributed by atoms with E-state index in [4.69, 9.17) is 9.47 Å². The minimum absolute atomic E-state index is 0.117. The number of aromatic nitrogens is 1. The van der Waals surface area contributed by atoms with Gasteiger partial charge in [-0.05, 0) is 26.0 Å². The lowest BCUT2D eigenvalue weighted by molar-refractivity contribution is 0.0940. The van der Waals surface area contributed by atoms with Crippen molar-refractivity contribution in [2.24, 2.45) is 0 Å². The fourth-order valence-corrected chi connectivity index (χ4v) is 2.75. The van der Waals surface area contributed by atoms with Crippen LogP contribution < -0.4 is 10.1 Å². The number of thiazole rings is 1. The van der Waals surface area contributed by atoms with Crippen LogP contribution in [0.1, 0.15) is 25.9 Å². The van der Waals surface area contributed by atoms with E-state index in [0.29, 0.717) is 24.6 Å². The molecule has 0 bridgehead atoms. The Kier molecular flexibility index (Phi) is 5.91. The Labute approximate surface area is 134 Å². The predicted molar refractivity (Wildman–Crippen MR) is 86.6 cm³/mol. The Hall–Kier alpha value is -1.92. The average molecular weight is 320 g/mol. The molecule has 0 atom stereocenters. The van der Waals surface area contributed by atoms with Crippen molar-refractivity contribution < 1.29 is 14.3 Å². The third-order valence-corrected chi connectivity index (χ3v) is 4.15. The molecule has 22 heavy (non-hydrogen) atoms. The molecule has 5 nitrogen and oxygen atoms in total. The third kappa shape index (κ3) is 4.54. The summed E-state index contributed by atoms with van der Waals surface area (Å²) in [5, 5.41) is 3.59. The fourth-order valence-electron chi connectivity index (χ4n) is 1.85. The number of hydrogen-bond acceptors (Lipinski definition) is 5. The van der Waals surface area contributed by atoms with Crippen molar-refractivity contribution in [1.82, 2.24) is 10.3 Å². The molecule has 0 unspecified atom stereocenters. The highest BCUT2D eigenvalue weighted by atomic mass is 32.1. The van der Waals surface area contributed by atoms with Crippen molar-refractivity contribution in [2.45, 2.75) is 20.5 Å². The lowest BCUT2D eigenvalue weighted by Crippen LogP contribution is -2.26. The Bertz CT molecular complexity index is 623. The summed E-state index contributed by atoms with van der Waals surface area (Å²) < 4.78 is 10.6. The van der Waals surface area contributed by atoms with E-state index in [1.54, 1.807) is 7.11 Å². The van der Waals surface area contributed by atoms with Gasteiger partial charge >= 0.3 is 0 Å². The molecule has 6 heteroatoms. The van der Waals surface area contributed by atoms with E-state index in [2.05, 4.69) is 10.3 Å². The zero-order valence-corrected chi connectivity index (χ0v) is 13.8. The summed E-state index contributed by atoms with van der Waals surface area (Å²) in [5.74, 6) is 0.679. The molecule has 0 radical (unpaired) electrons. The van der Waals surface area contributed by atoms with Gasteiger partial charge in [-0.25, -0.2) is 4.98 Å². The lowest BCUT2D eigenvalue weighted by Gasteiger charge is -2.03. The fraction of sp³-hybridized carbons (Fsp3) is 0.375. The van der Waals surface area contributed by atoms with E-state index in [1.807, 2.05) is 38.1 Å². The van der Waals surface area contributed by atoms with Crippen LogP contribution in [0.2, 0.25) is 0 Å². The molecule has 1 aromatic heterocycles.